The maximum absolute atomic E-state index is 12.0. The minimum absolute atomic E-state index is 0.380. The third-order valence-corrected chi connectivity index (χ3v) is 4.34. The Morgan fingerprint density at radius 3 is 2.78 bits per heavy atom. The molecule has 0 aliphatic heterocycles. The summed E-state index contributed by atoms with van der Waals surface area (Å²) in [6.07, 6.45) is 2.47. The Morgan fingerprint density at radius 2 is 2.13 bits per heavy atom. The molecule has 0 atom stereocenters. The highest BCUT2D eigenvalue weighted by Gasteiger charge is 2.17. The lowest BCUT2D eigenvalue weighted by Gasteiger charge is -2.08. The first-order chi connectivity index (χ1) is 11.1. The Balaban J connectivity index is 2.20. The van der Waals surface area contributed by atoms with Gasteiger partial charge in [0.05, 0.1) is 12.7 Å². The van der Waals surface area contributed by atoms with Gasteiger partial charge in [-0.1, -0.05) is 36.4 Å². The number of carbonyl (C=O) groups is 1. The molecule has 0 aliphatic carbocycles. The molecule has 4 nitrogen and oxygen atoms in total. The molecule has 0 fully saturated rings. The average Bonchev–Trinajstić information content (AvgIpc) is 2.95. The number of hydrogen-bond donors (Lipinski definition) is 2. The summed E-state index contributed by atoms with van der Waals surface area (Å²) in [6, 6.07) is 11.9. The van der Waals surface area contributed by atoms with Gasteiger partial charge in [-0.2, -0.15) is 0 Å². The van der Waals surface area contributed by atoms with E-state index in [0.29, 0.717) is 22.2 Å². The number of nitrogens with one attached hydrogen (secondary N) is 2. The highest BCUT2D eigenvalue weighted by molar-refractivity contribution is 7.80. The van der Waals surface area contributed by atoms with Crippen LogP contribution in [0.15, 0.2) is 49.1 Å². The standard InChI is InChI=1S/C17H18N2O2S2/c1-3-9-18-17(22)19-15-14(16(20)21-2)11-13(23-15)10-12-7-5-4-6-8-12/h3-8,11H,1,9-10H2,2H3,(H2,18,19,22). The molecule has 0 saturated heterocycles. The minimum Gasteiger partial charge on any atom is -0.465 e. The van der Waals surface area contributed by atoms with Gasteiger partial charge in [0.25, 0.3) is 0 Å². The van der Waals surface area contributed by atoms with Crippen LogP contribution >= 0.6 is 23.6 Å². The zero-order chi connectivity index (χ0) is 16.7. The molecule has 2 rings (SSSR count). The first-order valence-corrected chi connectivity index (χ1v) is 8.27. The first kappa shape index (κ1) is 17.2. The second kappa shape index (κ2) is 8.45. The van der Waals surface area contributed by atoms with Crippen LogP contribution in [0.1, 0.15) is 20.8 Å². The molecule has 2 aromatic rings. The number of thiocarbonyl (C=S) groups is 1. The van der Waals surface area contributed by atoms with Gasteiger partial charge < -0.3 is 15.4 Å². The number of esters is 1. The summed E-state index contributed by atoms with van der Waals surface area (Å²) in [5, 5.41) is 7.17. The lowest BCUT2D eigenvalue weighted by Crippen LogP contribution is -2.28. The second-order valence-corrected chi connectivity index (χ2v) is 6.28. The third-order valence-electron chi connectivity index (χ3n) is 3.04. The number of thiophene rings is 1. The Kier molecular flexibility index (Phi) is 6.31. The summed E-state index contributed by atoms with van der Waals surface area (Å²) in [5.74, 6) is -0.380. The van der Waals surface area contributed by atoms with Crippen LogP contribution in [-0.4, -0.2) is 24.7 Å². The van der Waals surface area contributed by atoms with Crippen LogP contribution in [-0.2, 0) is 11.2 Å². The summed E-state index contributed by atoms with van der Waals surface area (Å²) in [4.78, 5) is 13.0. The van der Waals surface area contributed by atoms with Crippen molar-refractivity contribution < 1.29 is 9.53 Å². The van der Waals surface area contributed by atoms with E-state index in [0.717, 1.165) is 11.3 Å². The van der Waals surface area contributed by atoms with Gasteiger partial charge in [-0.05, 0) is 23.8 Å². The number of benzene rings is 1. The molecule has 6 heteroatoms. The average molecular weight is 346 g/mol. The summed E-state index contributed by atoms with van der Waals surface area (Å²) in [5.41, 5.74) is 1.68. The van der Waals surface area contributed by atoms with E-state index in [-0.39, 0.29) is 5.97 Å². The number of methoxy groups -OCH3 is 1. The predicted molar refractivity (Wildman–Crippen MR) is 99.3 cm³/mol. The first-order valence-electron chi connectivity index (χ1n) is 7.04. The predicted octanol–water partition coefficient (Wildman–Crippen LogP) is 3.60. The van der Waals surface area contributed by atoms with Gasteiger partial charge in [0.2, 0.25) is 0 Å². The quantitative estimate of drug-likeness (QED) is 0.475. The van der Waals surface area contributed by atoms with Crippen molar-refractivity contribution in [1.82, 2.24) is 5.32 Å². The van der Waals surface area contributed by atoms with Crippen LogP contribution in [0.2, 0.25) is 0 Å². The number of anilines is 1. The Bertz CT molecular complexity index is 696. The van der Waals surface area contributed by atoms with Crippen molar-refractivity contribution in [3.8, 4) is 0 Å². The zero-order valence-corrected chi connectivity index (χ0v) is 14.4. The molecule has 0 amide bonds. The summed E-state index contributed by atoms with van der Waals surface area (Å²) >= 11 is 6.70. The molecule has 0 aliphatic rings. The van der Waals surface area contributed by atoms with Gasteiger partial charge >= 0.3 is 5.97 Å². The van der Waals surface area contributed by atoms with E-state index in [9.17, 15) is 4.79 Å². The maximum Gasteiger partial charge on any atom is 0.340 e. The van der Waals surface area contributed by atoms with Crippen LogP contribution < -0.4 is 10.6 Å². The number of rotatable bonds is 6. The van der Waals surface area contributed by atoms with Crippen LogP contribution in [0.4, 0.5) is 5.00 Å². The molecule has 1 aromatic carbocycles. The molecule has 0 radical (unpaired) electrons. The second-order valence-electron chi connectivity index (χ2n) is 4.73. The summed E-state index contributed by atoms with van der Waals surface area (Å²) < 4.78 is 4.85. The van der Waals surface area contributed by atoms with E-state index < -0.39 is 0 Å². The third kappa shape index (κ3) is 4.91. The van der Waals surface area contributed by atoms with Gasteiger partial charge in [-0.3, -0.25) is 0 Å². The van der Waals surface area contributed by atoms with Crippen LogP contribution in [0, 0.1) is 0 Å². The van der Waals surface area contributed by atoms with Crippen LogP contribution in [0.5, 0.6) is 0 Å². The van der Waals surface area contributed by atoms with Crippen molar-refractivity contribution in [2.24, 2.45) is 0 Å². The molecule has 0 unspecified atom stereocenters. The SMILES string of the molecule is C=CCNC(=S)Nc1sc(Cc2ccccc2)cc1C(=O)OC. The monoisotopic (exact) mass is 346 g/mol. The van der Waals surface area contributed by atoms with E-state index >= 15 is 0 Å². The maximum atomic E-state index is 12.0. The van der Waals surface area contributed by atoms with E-state index in [4.69, 9.17) is 17.0 Å². The minimum atomic E-state index is -0.380. The highest BCUT2D eigenvalue weighted by Crippen LogP contribution is 2.30. The van der Waals surface area contributed by atoms with Gasteiger partial charge in [-0.25, -0.2) is 4.79 Å². The molecule has 0 spiro atoms. The number of carbonyl (C=O) groups excluding carboxylic acids is 1. The van der Waals surface area contributed by atoms with Crippen molar-refractivity contribution >= 4 is 39.6 Å². The molecular weight excluding hydrogens is 328 g/mol. The van der Waals surface area contributed by atoms with E-state index in [1.54, 1.807) is 6.08 Å². The number of hydrogen-bond acceptors (Lipinski definition) is 4. The van der Waals surface area contributed by atoms with Crippen LogP contribution in [0.3, 0.4) is 0 Å². The molecule has 1 aromatic heterocycles. The summed E-state index contributed by atoms with van der Waals surface area (Å²) in [7, 11) is 1.37. The Labute approximate surface area is 145 Å². The number of ether oxygens (including phenoxy) is 1. The molecule has 120 valence electrons. The van der Waals surface area contributed by atoms with Crippen LogP contribution in [0.25, 0.3) is 0 Å². The molecular formula is C17H18N2O2S2. The molecule has 2 N–H and O–H groups in total. The molecule has 23 heavy (non-hydrogen) atoms. The Morgan fingerprint density at radius 1 is 1.39 bits per heavy atom. The molecule has 0 bridgehead atoms. The molecule has 1 heterocycles. The van der Waals surface area contributed by atoms with Crippen molar-refractivity contribution in [2.75, 3.05) is 19.0 Å². The van der Waals surface area contributed by atoms with Crippen molar-refractivity contribution in [1.29, 1.82) is 0 Å². The van der Waals surface area contributed by atoms with Gasteiger partial charge in [-0.15, -0.1) is 17.9 Å². The smallest absolute Gasteiger partial charge is 0.340 e. The van der Waals surface area contributed by atoms with E-state index in [2.05, 4.69) is 29.3 Å². The van der Waals surface area contributed by atoms with E-state index in [1.807, 2.05) is 24.3 Å². The molecule has 0 saturated carbocycles. The van der Waals surface area contributed by atoms with Crippen molar-refractivity contribution in [2.45, 2.75) is 6.42 Å². The van der Waals surface area contributed by atoms with E-state index in [1.165, 1.54) is 24.0 Å². The van der Waals surface area contributed by atoms with Crippen molar-refractivity contribution in [3.63, 3.8) is 0 Å². The van der Waals surface area contributed by atoms with Gasteiger partial charge in [0.15, 0.2) is 5.11 Å². The highest BCUT2D eigenvalue weighted by atomic mass is 32.1. The van der Waals surface area contributed by atoms with Gasteiger partial charge in [0, 0.05) is 17.8 Å². The summed E-state index contributed by atoms with van der Waals surface area (Å²) in [6.45, 7) is 4.19. The topological polar surface area (TPSA) is 50.4 Å². The van der Waals surface area contributed by atoms with Gasteiger partial charge in [0.1, 0.15) is 5.00 Å². The normalized spacial score (nSPS) is 9.96. The lowest BCUT2D eigenvalue weighted by molar-refractivity contribution is 0.0602. The van der Waals surface area contributed by atoms with Crippen molar-refractivity contribution in [3.05, 3.63) is 65.1 Å². The fourth-order valence-corrected chi connectivity index (χ4v) is 3.33. The largest absolute Gasteiger partial charge is 0.465 e. The zero-order valence-electron chi connectivity index (χ0n) is 12.8. The lowest BCUT2D eigenvalue weighted by atomic mass is 10.1. The fourth-order valence-electron chi connectivity index (χ4n) is 1.99. The Hall–Kier alpha value is -2.18. The fraction of sp³-hybridized carbons (Fsp3) is 0.176.